The Morgan fingerprint density at radius 2 is 2.05 bits per heavy atom. The van der Waals surface area contributed by atoms with Gasteiger partial charge in [0.2, 0.25) is 10.0 Å². The van der Waals surface area contributed by atoms with E-state index in [0.717, 1.165) is 12.1 Å². The lowest BCUT2D eigenvalue weighted by atomic mass is 10.1. The van der Waals surface area contributed by atoms with E-state index >= 15 is 0 Å². The molecule has 0 aliphatic rings. The van der Waals surface area contributed by atoms with Gasteiger partial charge in [-0.15, -0.1) is 0 Å². The normalized spacial score (nSPS) is 13.7. The monoisotopic (exact) mass is 324 g/mol. The molecule has 0 spiro atoms. The van der Waals surface area contributed by atoms with Gasteiger partial charge in [0.1, 0.15) is 4.90 Å². The fourth-order valence-corrected chi connectivity index (χ4v) is 3.45. The van der Waals surface area contributed by atoms with Crippen molar-refractivity contribution in [3.8, 4) is 0 Å². The summed E-state index contributed by atoms with van der Waals surface area (Å²) in [5.74, 6) is -0.890. The Morgan fingerprint density at radius 1 is 1.45 bits per heavy atom. The van der Waals surface area contributed by atoms with E-state index in [0.29, 0.717) is 6.42 Å². The molecule has 20 heavy (non-hydrogen) atoms. The summed E-state index contributed by atoms with van der Waals surface area (Å²) in [4.78, 5) is -0.621. The molecular weight excluding hydrogens is 307 g/mol. The number of nitrogens with two attached hydrogens (primary N) is 1. The van der Waals surface area contributed by atoms with Crippen LogP contribution in [0.1, 0.15) is 20.3 Å². The fourth-order valence-electron chi connectivity index (χ4n) is 1.79. The predicted molar refractivity (Wildman–Crippen MR) is 76.5 cm³/mol. The highest BCUT2D eigenvalue weighted by Gasteiger charge is 2.25. The largest absolute Gasteiger partial charge is 0.399 e. The Kier molecular flexibility index (Phi) is 5.76. The van der Waals surface area contributed by atoms with Gasteiger partial charge in [-0.2, -0.15) is 0 Å². The zero-order valence-electron chi connectivity index (χ0n) is 11.2. The topological polar surface area (TPSA) is 92.4 Å². The lowest BCUT2D eigenvalue weighted by Crippen LogP contribution is -2.38. The number of benzene rings is 1. The number of anilines is 1. The molecule has 4 N–H and O–H groups in total. The summed E-state index contributed by atoms with van der Waals surface area (Å²) >= 11 is 5.58. The third-order valence-electron chi connectivity index (χ3n) is 2.60. The SMILES string of the molecule is CC(C)CC(CO)NS(=O)(=O)c1cc(N)cc(Cl)c1F. The summed E-state index contributed by atoms with van der Waals surface area (Å²) in [5.41, 5.74) is 5.52. The standard InChI is InChI=1S/C12H18ClFN2O3S/c1-7(2)3-9(6-17)16-20(18,19)11-5-8(15)4-10(13)12(11)14/h4-5,7,9,16-17H,3,6,15H2,1-2H3. The zero-order chi connectivity index (χ0) is 15.5. The highest BCUT2D eigenvalue weighted by molar-refractivity contribution is 7.89. The molecule has 0 fully saturated rings. The highest BCUT2D eigenvalue weighted by Crippen LogP contribution is 2.26. The average Bonchev–Trinajstić information content (AvgIpc) is 2.31. The van der Waals surface area contributed by atoms with Crippen molar-refractivity contribution >= 4 is 27.3 Å². The summed E-state index contributed by atoms with van der Waals surface area (Å²) in [6.07, 6.45) is 0.424. The van der Waals surface area contributed by atoms with Gasteiger partial charge in [-0.05, 0) is 24.5 Å². The van der Waals surface area contributed by atoms with E-state index < -0.39 is 26.8 Å². The third-order valence-corrected chi connectivity index (χ3v) is 4.40. The number of rotatable bonds is 6. The van der Waals surface area contributed by atoms with E-state index in [1.54, 1.807) is 0 Å². The van der Waals surface area contributed by atoms with Gasteiger partial charge in [0.15, 0.2) is 5.82 Å². The number of nitrogen functional groups attached to an aromatic ring is 1. The van der Waals surface area contributed by atoms with Crippen molar-refractivity contribution in [2.24, 2.45) is 5.92 Å². The van der Waals surface area contributed by atoms with Crippen LogP contribution in [0, 0.1) is 11.7 Å². The molecule has 0 saturated carbocycles. The van der Waals surface area contributed by atoms with E-state index in [9.17, 15) is 17.9 Å². The first kappa shape index (κ1) is 17.2. The van der Waals surface area contributed by atoms with Crippen molar-refractivity contribution in [2.45, 2.75) is 31.2 Å². The maximum atomic E-state index is 13.8. The van der Waals surface area contributed by atoms with E-state index in [2.05, 4.69) is 4.72 Å². The second kappa shape index (κ2) is 6.71. The van der Waals surface area contributed by atoms with E-state index in [1.165, 1.54) is 0 Å². The Bertz CT molecular complexity index is 578. The van der Waals surface area contributed by atoms with Crippen LogP contribution in [0.2, 0.25) is 5.02 Å². The van der Waals surface area contributed by atoms with Crippen LogP contribution in [-0.2, 0) is 10.0 Å². The van der Waals surface area contributed by atoms with Gasteiger partial charge in [-0.3, -0.25) is 0 Å². The van der Waals surface area contributed by atoms with Crippen LogP contribution < -0.4 is 10.5 Å². The van der Waals surface area contributed by atoms with Gasteiger partial charge in [0.05, 0.1) is 11.6 Å². The second-order valence-electron chi connectivity index (χ2n) is 4.95. The first-order valence-electron chi connectivity index (χ1n) is 6.05. The Morgan fingerprint density at radius 3 is 2.55 bits per heavy atom. The molecule has 1 rings (SSSR count). The summed E-state index contributed by atoms with van der Waals surface area (Å²) in [6.45, 7) is 3.39. The molecule has 0 aliphatic heterocycles. The number of nitrogens with one attached hydrogen (secondary N) is 1. The molecular formula is C12H18ClFN2O3S. The quantitative estimate of drug-likeness (QED) is 0.695. The zero-order valence-corrected chi connectivity index (χ0v) is 12.8. The minimum Gasteiger partial charge on any atom is -0.399 e. The Balaban J connectivity index is 3.11. The molecule has 1 aromatic rings. The van der Waals surface area contributed by atoms with Crippen molar-refractivity contribution in [2.75, 3.05) is 12.3 Å². The van der Waals surface area contributed by atoms with Crippen molar-refractivity contribution in [1.29, 1.82) is 0 Å². The molecule has 0 radical (unpaired) electrons. The summed E-state index contributed by atoms with van der Waals surface area (Å²) in [6, 6.07) is 1.43. The minimum absolute atomic E-state index is 0.0428. The molecule has 0 saturated heterocycles. The molecule has 1 unspecified atom stereocenters. The molecule has 8 heteroatoms. The number of hydrogen-bond acceptors (Lipinski definition) is 4. The summed E-state index contributed by atoms with van der Waals surface area (Å²) in [5, 5.41) is 8.83. The number of aliphatic hydroxyl groups excluding tert-OH is 1. The van der Waals surface area contributed by atoms with Gasteiger partial charge in [-0.25, -0.2) is 17.5 Å². The van der Waals surface area contributed by atoms with E-state index in [4.69, 9.17) is 17.3 Å². The number of aliphatic hydroxyl groups is 1. The van der Waals surface area contributed by atoms with Crippen LogP contribution in [0.5, 0.6) is 0 Å². The number of hydrogen-bond donors (Lipinski definition) is 3. The molecule has 114 valence electrons. The molecule has 5 nitrogen and oxygen atoms in total. The number of sulfonamides is 1. The lowest BCUT2D eigenvalue weighted by Gasteiger charge is -2.18. The highest BCUT2D eigenvalue weighted by atomic mass is 35.5. The lowest BCUT2D eigenvalue weighted by molar-refractivity contribution is 0.240. The average molecular weight is 325 g/mol. The van der Waals surface area contributed by atoms with Crippen LogP contribution in [0.15, 0.2) is 17.0 Å². The van der Waals surface area contributed by atoms with Gasteiger partial charge < -0.3 is 10.8 Å². The molecule has 0 heterocycles. The van der Waals surface area contributed by atoms with Gasteiger partial charge >= 0.3 is 0 Å². The van der Waals surface area contributed by atoms with Crippen LogP contribution in [0.25, 0.3) is 0 Å². The van der Waals surface area contributed by atoms with E-state index in [-0.39, 0.29) is 23.2 Å². The predicted octanol–water partition coefficient (Wildman–Crippen LogP) is 1.75. The first-order valence-corrected chi connectivity index (χ1v) is 7.91. The first-order chi connectivity index (χ1) is 9.17. The van der Waals surface area contributed by atoms with Crippen LogP contribution in [0.4, 0.5) is 10.1 Å². The minimum atomic E-state index is -4.14. The van der Waals surface area contributed by atoms with Crippen molar-refractivity contribution in [1.82, 2.24) is 4.72 Å². The molecule has 0 aromatic heterocycles. The molecule has 1 aromatic carbocycles. The Labute approximate surface area is 123 Å². The van der Waals surface area contributed by atoms with Crippen molar-refractivity contribution in [3.63, 3.8) is 0 Å². The third kappa shape index (κ3) is 4.31. The van der Waals surface area contributed by atoms with Crippen LogP contribution >= 0.6 is 11.6 Å². The van der Waals surface area contributed by atoms with Gasteiger partial charge in [0.25, 0.3) is 0 Å². The van der Waals surface area contributed by atoms with Crippen molar-refractivity contribution < 1.29 is 17.9 Å². The Hall–Kier alpha value is -0.890. The van der Waals surface area contributed by atoms with Crippen molar-refractivity contribution in [3.05, 3.63) is 23.0 Å². The summed E-state index contributed by atoms with van der Waals surface area (Å²) < 4.78 is 40.3. The fraction of sp³-hybridized carbons (Fsp3) is 0.500. The smallest absolute Gasteiger partial charge is 0.243 e. The van der Waals surface area contributed by atoms with E-state index in [1.807, 2.05) is 13.8 Å². The van der Waals surface area contributed by atoms with Crippen LogP contribution in [-0.4, -0.2) is 26.2 Å². The number of halogens is 2. The molecule has 0 aliphatic carbocycles. The molecule has 0 amide bonds. The molecule has 1 atom stereocenters. The summed E-state index contributed by atoms with van der Waals surface area (Å²) in [7, 11) is -4.14. The van der Waals surface area contributed by atoms with Gasteiger partial charge in [0, 0.05) is 11.7 Å². The maximum Gasteiger partial charge on any atom is 0.243 e. The van der Waals surface area contributed by atoms with Gasteiger partial charge in [-0.1, -0.05) is 25.4 Å². The van der Waals surface area contributed by atoms with Crippen LogP contribution in [0.3, 0.4) is 0 Å². The second-order valence-corrected chi connectivity index (χ2v) is 7.03. The molecule has 0 bridgehead atoms. The maximum absolute atomic E-state index is 13.8.